The number of hydrogen-bond acceptors (Lipinski definition) is 4. The first-order valence-electron chi connectivity index (χ1n) is 7.09. The third kappa shape index (κ3) is 2.64. The van der Waals surface area contributed by atoms with E-state index in [4.69, 9.17) is 21.6 Å². The summed E-state index contributed by atoms with van der Waals surface area (Å²) < 4.78 is 4.94. The second kappa shape index (κ2) is 5.94. The number of alkyl halides is 1. The van der Waals surface area contributed by atoms with Crippen LogP contribution < -0.4 is 5.32 Å². The van der Waals surface area contributed by atoms with Crippen LogP contribution in [0, 0.1) is 11.3 Å². The van der Waals surface area contributed by atoms with Gasteiger partial charge in [-0.05, 0) is 18.1 Å². The molecule has 0 bridgehead atoms. The number of benzene rings is 1. The van der Waals surface area contributed by atoms with Crippen molar-refractivity contribution in [3.05, 3.63) is 36.0 Å². The first-order valence-corrected chi connectivity index (χ1v) is 7.63. The van der Waals surface area contributed by atoms with Gasteiger partial charge in [0.25, 0.3) is 0 Å². The minimum Gasteiger partial charge on any atom is -0.449 e. The second-order valence-electron chi connectivity index (χ2n) is 5.43. The van der Waals surface area contributed by atoms with Crippen molar-refractivity contribution in [3.63, 3.8) is 0 Å². The molecular weight excluding hydrogens is 318 g/mol. The third-order valence-corrected chi connectivity index (χ3v) is 4.32. The Morgan fingerprint density at radius 3 is 3.00 bits per heavy atom. The zero-order valence-corrected chi connectivity index (χ0v) is 12.9. The average molecular weight is 332 g/mol. The maximum Gasteiger partial charge on any atom is 0.333 e. The van der Waals surface area contributed by atoms with Gasteiger partial charge in [-0.1, -0.05) is 18.2 Å². The quantitative estimate of drug-likeness (QED) is 0.645. The molecular formula is C16H14ClN3O3. The van der Waals surface area contributed by atoms with Crippen LogP contribution in [0.3, 0.4) is 0 Å². The molecule has 3 rings (SSSR count). The summed E-state index contributed by atoms with van der Waals surface area (Å²) >= 11 is 5.54. The molecule has 1 heterocycles. The molecule has 1 amide bonds. The third-order valence-electron chi connectivity index (χ3n) is 4.07. The lowest BCUT2D eigenvalue weighted by molar-refractivity contribution is -0.147. The van der Waals surface area contributed by atoms with Crippen LogP contribution in [-0.4, -0.2) is 34.9 Å². The number of halogens is 1. The number of H-pyrrole nitrogens is 1. The van der Waals surface area contributed by atoms with Gasteiger partial charge in [-0.3, -0.25) is 4.79 Å². The molecule has 1 aromatic carbocycles. The Bertz CT molecular complexity index is 810. The summed E-state index contributed by atoms with van der Waals surface area (Å²) in [6.45, 7) is -0.349. The number of esters is 1. The highest BCUT2D eigenvalue weighted by Crippen LogP contribution is 2.53. The molecule has 6 nitrogen and oxygen atoms in total. The molecule has 1 aromatic heterocycles. The van der Waals surface area contributed by atoms with E-state index in [1.807, 2.05) is 30.5 Å². The SMILES string of the molecule is N#CCOC(=O)[C@]1(NC(=O)CCl)CC1c1c[nH]c2ccccc12. The second-order valence-corrected chi connectivity index (χ2v) is 5.70. The highest BCUT2D eigenvalue weighted by molar-refractivity contribution is 6.27. The van der Waals surface area contributed by atoms with Crippen molar-refractivity contribution in [3.8, 4) is 6.07 Å². The Labute approximate surface area is 137 Å². The van der Waals surface area contributed by atoms with Crippen molar-refractivity contribution >= 4 is 34.4 Å². The van der Waals surface area contributed by atoms with Gasteiger partial charge in [0.2, 0.25) is 5.91 Å². The molecule has 1 aliphatic carbocycles. The fourth-order valence-electron chi connectivity index (χ4n) is 2.94. The number of hydrogen-bond donors (Lipinski definition) is 2. The zero-order chi connectivity index (χ0) is 16.4. The molecule has 23 heavy (non-hydrogen) atoms. The lowest BCUT2D eigenvalue weighted by Gasteiger charge is -2.16. The molecule has 0 spiro atoms. The number of rotatable bonds is 5. The number of nitrogens with one attached hydrogen (secondary N) is 2. The van der Waals surface area contributed by atoms with Crippen LogP contribution in [0.1, 0.15) is 17.9 Å². The van der Waals surface area contributed by atoms with Crippen LogP contribution in [0.5, 0.6) is 0 Å². The van der Waals surface area contributed by atoms with Gasteiger partial charge in [0, 0.05) is 23.0 Å². The summed E-state index contributed by atoms with van der Waals surface area (Å²) in [5, 5.41) is 12.2. The average Bonchev–Trinajstić information content (AvgIpc) is 3.13. The number of para-hydroxylation sites is 1. The largest absolute Gasteiger partial charge is 0.449 e. The van der Waals surface area contributed by atoms with Crippen molar-refractivity contribution in [2.24, 2.45) is 0 Å². The summed E-state index contributed by atoms with van der Waals surface area (Å²) in [5.74, 6) is -1.50. The number of nitriles is 1. The molecule has 0 saturated heterocycles. The van der Waals surface area contributed by atoms with E-state index in [2.05, 4.69) is 10.3 Å². The lowest BCUT2D eigenvalue weighted by atomic mass is 10.0. The van der Waals surface area contributed by atoms with E-state index in [1.54, 1.807) is 6.07 Å². The van der Waals surface area contributed by atoms with Crippen LogP contribution in [0.15, 0.2) is 30.5 Å². The standard InChI is InChI=1S/C16H14ClN3O3/c17-8-14(21)20-16(15(22)23-6-5-18)7-12(16)11-9-19-13-4-2-1-3-10(11)13/h1-4,9,12,19H,6-8H2,(H,20,21)/t12?,16-/m0/s1. The summed E-state index contributed by atoms with van der Waals surface area (Å²) in [4.78, 5) is 27.2. The van der Waals surface area contributed by atoms with Crippen molar-refractivity contribution in [2.75, 3.05) is 12.5 Å². The number of carbonyl (C=O) groups excluding carboxylic acids is 2. The maximum absolute atomic E-state index is 12.3. The van der Waals surface area contributed by atoms with E-state index >= 15 is 0 Å². The van der Waals surface area contributed by atoms with Crippen LogP contribution in [-0.2, 0) is 14.3 Å². The molecule has 1 saturated carbocycles. The molecule has 1 aliphatic rings. The molecule has 2 aromatic rings. The Morgan fingerprint density at radius 1 is 1.48 bits per heavy atom. The van der Waals surface area contributed by atoms with Gasteiger partial charge in [-0.15, -0.1) is 11.6 Å². The van der Waals surface area contributed by atoms with Crippen LogP contribution in [0.25, 0.3) is 10.9 Å². The molecule has 2 N–H and O–H groups in total. The Kier molecular flexibility index (Phi) is 3.97. The minimum atomic E-state index is -1.15. The van der Waals surface area contributed by atoms with Gasteiger partial charge in [-0.25, -0.2) is 4.79 Å². The molecule has 0 aliphatic heterocycles. The number of ether oxygens (including phenoxy) is 1. The molecule has 7 heteroatoms. The molecule has 0 radical (unpaired) electrons. The summed E-state index contributed by atoms with van der Waals surface area (Å²) in [7, 11) is 0. The number of aromatic amines is 1. The van der Waals surface area contributed by atoms with Crippen molar-refractivity contribution in [2.45, 2.75) is 17.9 Å². The molecule has 1 unspecified atom stereocenters. The normalized spacial score (nSPS) is 22.3. The zero-order valence-electron chi connectivity index (χ0n) is 12.1. The lowest BCUT2D eigenvalue weighted by Crippen LogP contribution is -2.46. The number of amides is 1. The van der Waals surface area contributed by atoms with Gasteiger partial charge < -0.3 is 15.0 Å². The topological polar surface area (TPSA) is 95.0 Å². The Hall–Kier alpha value is -2.52. The highest BCUT2D eigenvalue weighted by Gasteiger charge is 2.63. The Balaban J connectivity index is 1.92. The van der Waals surface area contributed by atoms with E-state index in [9.17, 15) is 9.59 Å². The number of carbonyl (C=O) groups is 2. The molecule has 2 atom stereocenters. The van der Waals surface area contributed by atoms with E-state index in [0.717, 1.165) is 16.5 Å². The van der Waals surface area contributed by atoms with E-state index in [0.29, 0.717) is 6.42 Å². The number of nitrogens with zero attached hydrogens (tertiary/aromatic N) is 1. The fraction of sp³-hybridized carbons (Fsp3) is 0.312. The van der Waals surface area contributed by atoms with E-state index in [1.165, 1.54) is 0 Å². The van der Waals surface area contributed by atoms with Gasteiger partial charge in [0.15, 0.2) is 6.61 Å². The summed E-state index contributed by atoms with van der Waals surface area (Å²) in [6.07, 6.45) is 2.25. The molecule has 1 fully saturated rings. The van der Waals surface area contributed by atoms with Crippen molar-refractivity contribution < 1.29 is 14.3 Å². The van der Waals surface area contributed by atoms with Gasteiger partial charge >= 0.3 is 5.97 Å². The van der Waals surface area contributed by atoms with Gasteiger partial charge in [0.05, 0.1) is 0 Å². The van der Waals surface area contributed by atoms with Gasteiger partial charge in [-0.2, -0.15) is 5.26 Å². The summed E-state index contributed by atoms with van der Waals surface area (Å²) in [6, 6.07) is 9.48. The minimum absolute atomic E-state index is 0.211. The van der Waals surface area contributed by atoms with Crippen LogP contribution >= 0.6 is 11.6 Å². The smallest absolute Gasteiger partial charge is 0.333 e. The Morgan fingerprint density at radius 2 is 2.26 bits per heavy atom. The van der Waals surface area contributed by atoms with Gasteiger partial charge in [0.1, 0.15) is 17.5 Å². The van der Waals surface area contributed by atoms with Crippen LogP contribution in [0.2, 0.25) is 0 Å². The first kappa shape index (κ1) is 15.4. The van der Waals surface area contributed by atoms with E-state index in [-0.39, 0.29) is 18.4 Å². The predicted octanol–water partition coefficient (Wildman–Crippen LogP) is 1.82. The highest BCUT2D eigenvalue weighted by atomic mass is 35.5. The molecule has 118 valence electrons. The maximum atomic E-state index is 12.3. The summed E-state index contributed by atoms with van der Waals surface area (Å²) in [5.41, 5.74) is 0.745. The van der Waals surface area contributed by atoms with Crippen molar-refractivity contribution in [1.82, 2.24) is 10.3 Å². The van der Waals surface area contributed by atoms with Crippen LogP contribution in [0.4, 0.5) is 0 Å². The van der Waals surface area contributed by atoms with E-state index < -0.39 is 17.4 Å². The van der Waals surface area contributed by atoms with Crippen molar-refractivity contribution in [1.29, 1.82) is 5.26 Å². The monoisotopic (exact) mass is 331 g/mol. The fourth-order valence-corrected chi connectivity index (χ4v) is 3.01. The first-order chi connectivity index (χ1) is 11.1. The number of aromatic nitrogens is 1. The predicted molar refractivity (Wildman–Crippen MR) is 83.8 cm³/mol. The number of fused-ring (bicyclic) bond motifs is 1.